The summed E-state index contributed by atoms with van der Waals surface area (Å²) in [4.78, 5) is 14.1. The Morgan fingerprint density at radius 1 is 0.811 bits per heavy atom. The molecule has 12 bridgehead atoms. The van der Waals surface area contributed by atoms with Gasteiger partial charge >= 0.3 is 0 Å². The van der Waals surface area contributed by atoms with E-state index in [1.165, 1.54) is 0 Å². The maximum absolute atomic E-state index is 14.1. The second kappa shape index (κ2) is 14.4. The summed E-state index contributed by atoms with van der Waals surface area (Å²) in [5.41, 5.74) is 1.02. The van der Waals surface area contributed by atoms with E-state index in [0.717, 1.165) is 50.5 Å². The molecule has 10 fully saturated rings. The van der Waals surface area contributed by atoms with Crippen molar-refractivity contribution < 1.29 is 57.6 Å². The summed E-state index contributed by atoms with van der Waals surface area (Å²) >= 11 is 0. The molecule has 19 atom stereocenters. The predicted molar refractivity (Wildman–Crippen MR) is 189 cm³/mol. The fourth-order valence-corrected chi connectivity index (χ4v) is 11.7. The van der Waals surface area contributed by atoms with Gasteiger partial charge in [0.2, 0.25) is 0 Å². The Kier molecular flexibility index (Phi) is 10.2. The molecule has 12 nitrogen and oxygen atoms in total. The van der Waals surface area contributed by atoms with Crippen LogP contribution in [0.3, 0.4) is 0 Å². The molecular weight excluding hydrogens is 684 g/mol. The first-order valence-electron chi connectivity index (χ1n) is 20.7. The number of carbonyl (C=O) groups is 1. The van der Waals surface area contributed by atoms with Gasteiger partial charge in [0.25, 0.3) is 0 Å². The van der Waals surface area contributed by atoms with E-state index in [-0.39, 0.29) is 122 Å². The van der Waals surface area contributed by atoms with Crippen LogP contribution in [0.25, 0.3) is 0 Å². The Balaban J connectivity index is 1.00. The van der Waals surface area contributed by atoms with Gasteiger partial charge in [0, 0.05) is 51.6 Å². The molecule has 0 radical (unpaired) electrons. The highest BCUT2D eigenvalue weighted by Gasteiger charge is 2.68. The van der Waals surface area contributed by atoms with Crippen LogP contribution >= 0.6 is 0 Å². The molecule has 12 heteroatoms. The minimum absolute atomic E-state index is 0.0123. The molecule has 0 aromatic carbocycles. The van der Waals surface area contributed by atoms with Crippen molar-refractivity contribution in [1.29, 1.82) is 0 Å². The van der Waals surface area contributed by atoms with Gasteiger partial charge in [-0.25, -0.2) is 0 Å². The van der Waals surface area contributed by atoms with Crippen molar-refractivity contribution in [3.63, 3.8) is 0 Å². The number of rotatable bonds is 4. The number of carbonyl (C=O) groups excluding carboxylic acids is 1. The van der Waals surface area contributed by atoms with E-state index in [2.05, 4.69) is 27.4 Å². The number of hydrogen-bond acceptors (Lipinski definition) is 12. The number of methoxy groups -OCH3 is 1. The average molecular weight is 747 g/mol. The van der Waals surface area contributed by atoms with E-state index in [0.29, 0.717) is 25.2 Å². The summed E-state index contributed by atoms with van der Waals surface area (Å²) < 4.78 is 60.3. The van der Waals surface area contributed by atoms with E-state index in [4.69, 9.17) is 42.6 Å². The van der Waals surface area contributed by atoms with Gasteiger partial charge in [0.15, 0.2) is 5.79 Å². The Labute approximate surface area is 313 Å². The van der Waals surface area contributed by atoms with Crippen LogP contribution in [-0.4, -0.2) is 133 Å². The fourth-order valence-electron chi connectivity index (χ4n) is 11.7. The van der Waals surface area contributed by atoms with Gasteiger partial charge in [-0.05, 0) is 61.9 Å². The molecule has 53 heavy (non-hydrogen) atoms. The summed E-state index contributed by atoms with van der Waals surface area (Å²) in [7, 11) is 1.65. The lowest BCUT2D eigenvalue weighted by Crippen LogP contribution is -2.61. The Hall–Kier alpha value is -1.03. The monoisotopic (exact) mass is 746 g/mol. The van der Waals surface area contributed by atoms with Gasteiger partial charge in [-0.3, -0.25) is 4.79 Å². The highest BCUT2D eigenvalue weighted by atomic mass is 16.8. The molecule has 10 saturated heterocycles. The number of hydrogen-bond donors (Lipinski definition) is 2. The van der Waals surface area contributed by atoms with Crippen LogP contribution in [-0.2, 0) is 47.4 Å². The molecule has 2 N–H and O–H groups in total. The number of Topliss-reactive ketones (excluding diaryl/α,β-unsaturated/α-hetero) is 1. The van der Waals surface area contributed by atoms with Crippen molar-refractivity contribution in [3.8, 4) is 0 Å². The normalized spacial score (nSPS) is 52.6. The van der Waals surface area contributed by atoms with Crippen molar-refractivity contribution in [2.24, 2.45) is 17.3 Å². The van der Waals surface area contributed by atoms with Gasteiger partial charge in [0.05, 0.1) is 73.8 Å². The van der Waals surface area contributed by atoms with Crippen molar-refractivity contribution in [1.82, 2.24) is 0 Å². The minimum Gasteiger partial charge on any atom is -0.394 e. The maximum atomic E-state index is 14.1. The fraction of sp³-hybridized carbons (Fsp3) is 0.927. The third-order valence-electron chi connectivity index (χ3n) is 15.0. The van der Waals surface area contributed by atoms with E-state index in [9.17, 15) is 15.0 Å². The summed E-state index contributed by atoms with van der Waals surface area (Å²) in [6.45, 7) is 11.0. The second-order valence-corrected chi connectivity index (χ2v) is 18.6. The number of aliphatic hydroxyl groups is 2. The molecule has 0 aromatic heterocycles. The molecule has 1 spiro atoms. The van der Waals surface area contributed by atoms with Crippen molar-refractivity contribution >= 4 is 5.78 Å². The van der Waals surface area contributed by atoms with Crippen LogP contribution in [0.4, 0.5) is 0 Å². The van der Waals surface area contributed by atoms with Gasteiger partial charge in [-0.2, -0.15) is 0 Å². The van der Waals surface area contributed by atoms with Gasteiger partial charge in [-0.1, -0.05) is 27.4 Å². The van der Waals surface area contributed by atoms with Crippen LogP contribution in [0.1, 0.15) is 104 Å². The molecule has 0 amide bonds. The molecule has 0 aromatic rings. The van der Waals surface area contributed by atoms with E-state index in [1.54, 1.807) is 7.11 Å². The molecule has 12 unspecified atom stereocenters. The van der Waals surface area contributed by atoms with Crippen molar-refractivity contribution in [2.75, 3.05) is 13.7 Å². The molecule has 0 aliphatic carbocycles. The lowest BCUT2D eigenvalue weighted by atomic mass is 9.68. The predicted octanol–water partition coefficient (Wildman–Crippen LogP) is 3.94. The quantitative estimate of drug-likeness (QED) is 0.403. The molecule has 10 aliphatic rings. The van der Waals surface area contributed by atoms with E-state index in [1.807, 2.05) is 0 Å². The number of aliphatic hydroxyl groups excluding tert-OH is 2. The van der Waals surface area contributed by atoms with Crippen LogP contribution in [0.5, 0.6) is 0 Å². The van der Waals surface area contributed by atoms with Gasteiger partial charge < -0.3 is 52.8 Å². The average Bonchev–Trinajstić information content (AvgIpc) is 3.80. The third-order valence-corrected chi connectivity index (χ3v) is 15.0. The first kappa shape index (κ1) is 37.5. The maximum Gasteiger partial charge on any atom is 0.172 e. The first-order valence-corrected chi connectivity index (χ1v) is 20.7. The lowest BCUT2D eigenvalue weighted by Gasteiger charge is -2.48. The summed E-state index contributed by atoms with van der Waals surface area (Å²) in [5.74, 6) is -0.519. The van der Waals surface area contributed by atoms with Gasteiger partial charge in [-0.15, -0.1) is 0 Å². The SMILES string of the molecule is C=C1CC2CC[C@@]34CC5OC6C(O3)[C@H]3OC(CCC3O[C@H]6[C@H]5O4)CC(=O)CC3C(CC4OC(CC[C@@H]1O2)CC(C)C4(C)C)O[C@H](CC(O)CO)[C@@H]3OC. The lowest BCUT2D eigenvalue weighted by molar-refractivity contribution is -0.292. The zero-order valence-electron chi connectivity index (χ0n) is 32.0. The third kappa shape index (κ3) is 6.81. The molecule has 298 valence electrons. The van der Waals surface area contributed by atoms with Crippen LogP contribution < -0.4 is 0 Å². The second-order valence-electron chi connectivity index (χ2n) is 18.6. The van der Waals surface area contributed by atoms with Crippen molar-refractivity contribution in [2.45, 2.75) is 208 Å². The molecular formula is C41H62O12. The molecule has 0 saturated carbocycles. The largest absolute Gasteiger partial charge is 0.394 e. The number of fused-ring (bicyclic) bond motifs is 6. The minimum atomic E-state index is -0.940. The first-order chi connectivity index (χ1) is 25.4. The zero-order chi connectivity index (χ0) is 36.8. The Bertz CT molecular complexity index is 1370. The summed E-state index contributed by atoms with van der Waals surface area (Å²) in [5, 5.41) is 20.2. The number of ketones is 1. The van der Waals surface area contributed by atoms with Crippen LogP contribution in [0.2, 0.25) is 0 Å². The highest BCUT2D eigenvalue weighted by molar-refractivity contribution is 5.79. The highest BCUT2D eigenvalue weighted by Crippen LogP contribution is 2.55. The molecule has 10 aliphatic heterocycles. The van der Waals surface area contributed by atoms with E-state index >= 15 is 0 Å². The smallest absolute Gasteiger partial charge is 0.172 e. The Morgan fingerprint density at radius 3 is 2.38 bits per heavy atom. The van der Waals surface area contributed by atoms with Crippen LogP contribution in [0, 0.1) is 17.3 Å². The van der Waals surface area contributed by atoms with Crippen molar-refractivity contribution in [3.05, 3.63) is 12.2 Å². The topological polar surface area (TPSA) is 141 Å². The number of ether oxygens (including phenoxy) is 9. The van der Waals surface area contributed by atoms with Gasteiger partial charge in [0.1, 0.15) is 36.3 Å². The zero-order valence-corrected chi connectivity index (χ0v) is 32.0. The molecule has 10 rings (SSSR count). The van der Waals surface area contributed by atoms with Crippen LogP contribution in [0.15, 0.2) is 12.2 Å². The summed E-state index contributed by atoms with van der Waals surface area (Å²) in [6.07, 6.45) is 4.65. The Morgan fingerprint density at radius 2 is 1.57 bits per heavy atom. The standard InChI is InChI=1S/C41H62O12/c1-20-12-26-10-11-41-18-32-36(52-41)37-38(51-32)39(53-41)35-29(50-37)9-7-25(48-35)14-22(43)15-27-30(49-31(34(27)45-5)16-23(44)19-42)17-33-40(3,4)21(2)13-24(47-33)6-8-28(20)46-26/h21,23-39,42,44H,1,6-19H2,2-5H3/t21?,23?,24?,25?,26?,27?,28-,29?,30?,31+,32?,33?,34+,35-,36-,37-,38?,39?,41-/m0/s1. The van der Waals surface area contributed by atoms with E-state index < -0.39 is 24.1 Å². The summed E-state index contributed by atoms with van der Waals surface area (Å²) in [6, 6.07) is 0. The molecule has 10 heterocycles.